The van der Waals surface area contributed by atoms with Crippen molar-refractivity contribution in [1.29, 1.82) is 0 Å². The summed E-state index contributed by atoms with van der Waals surface area (Å²) >= 11 is 0. The van der Waals surface area contributed by atoms with Crippen molar-refractivity contribution in [3.8, 4) is 0 Å². The van der Waals surface area contributed by atoms with Crippen LogP contribution in [0.3, 0.4) is 0 Å². The maximum atomic E-state index is 12.5. The number of hydrogen-bond acceptors (Lipinski definition) is 6. The molecule has 3 saturated carbocycles. The van der Waals surface area contributed by atoms with Crippen molar-refractivity contribution in [3.63, 3.8) is 0 Å². The van der Waals surface area contributed by atoms with Crippen molar-refractivity contribution in [3.05, 3.63) is 11.6 Å². The fraction of sp³-hybridized carbons (Fsp3) is 0.879. The minimum atomic E-state index is -0.157. The molecule has 0 aromatic rings. The summed E-state index contributed by atoms with van der Waals surface area (Å²) in [5, 5.41) is 2.75. The lowest BCUT2D eigenvalue weighted by Gasteiger charge is -2.58. The molecule has 0 aromatic carbocycles. The Bertz CT molecular complexity index is 917. The Hall–Kier alpha value is -0.370. The fourth-order valence-corrected chi connectivity index (χ4v) is 11.1. The summed E-state index contributed by atoms with van der Waals surface area (Å²) in [6, 6.07) is 0. The van der Waals surface area contributed by atoms with Gasteiger partial charge in [-0.3, -0.25) is 9.59 Å². The number of esters is 1. The van der Waals surface area contributed by atoms with Crippen LogP contribution in [0.4, 0.5) is 0 Å². The van der Waals surface area contributed by atoms with Gasteiger partial charge in [0.15, 0.2) is 0 Å². The number of ether oxygens (including phenoxy) is 1. The predicted octanol–water partition coefficient (Wildman–Crippen LogP) is 7.82. The lowest BCUT2D eigenvalue weighted by atomic mass is 9.47. The maximum absolute atomic E-state index is 12.5. The minimum absolute atomic E-state index is 0. The number of carbonyl (C=O) groups is 2. The number of carbonyl (C=O) groups excluding carboxylic acids is 2. The summed E-state index contributed by atoms with van der Waals surface area (Å²) in [6.45, 7) is 13.4. The molecular formula is C33H57ClN2O3S2. The van der Waals surface area contributed by atoms with E-state index in [4.69, 9.17) is 10.5 Å². The highest BCUT2D eigenvalue weighted by atomic mass is 35.5. The second-order valence-corrected chi connectivity index (χ2v) is 16.8. The van der Waals surface area contributed by atoms with Crippen LogP contribution in [0.15, 0.2) is 11.6 Å². The van der Waals surface area contributed by atoms with Gasteiger partial charge in [-0.15, -0.1) is 12.4 Å². The second kappa shape index (κ2) is 15.6. The van der Waals surface area contributed by atoms with E-state index in [1.54, 1.807) is 5.57 Å². The van der Waals surface area contributed by atoms with Gasteiger partial charge in [-0.05, 0) is 91.3 Å². The van der Waals surface area contributed by atoms with E-state index in [2.05, 4.69) is 46.0 Å². The fourth-order valence-electron chi connectivity index (χ4n) is 9.42. The van der Waals surface area contributed by atoms with Crippen molar-refractivity contribution in [2.45, 2.75) is 111 Å². The number of rotatable bonds is 13. The first kappa shape index (κ1) is 35.1. The summed E-state index contributed by atoms with van der Waals surface area (Å²) < 4.78 is 5.93. The number of fused-ring (bicyclic) bond motifs is 5. The van der Waals surface area contributed by atoms with Gasteiger partial charge < -0.3 is 15.8 Å². The number of nitrogens with two attached hydrogens (primary N) is 1. The molecule has 0 aromatic heterocycles. The average Bonchev–Trinajstić information content (AvgIpc) is 3.27. The third kappa shape index (κ3) is 8.22. The van der Waals surface area contributed by atoms with Gasteiger partial charge in [-0.2, -0.15) is 0 Å². The standard InChI is InChI=1S/C33H56N2O3S2.ClH/c1-22(2)7-6-8-23(3)27-11-12-28-26-10-9-24-19-25(13-15-32(24,4)29(26)14-16-33(27,28)5)38-31(37)21-40-39-20-30(36)35-18-17-34;/h9,22-23,25-29H,6-8,10-21,34H2,1-5H3,(H,35,36);1H. The molecule has 0 saturated heterocycles. The molecular weight excluding hydrogens is 572 g/mol. The van der Waals surface area contributed by atoms with Crippen LogP contribution in [0.2, 0.25) is 0 Å². The molecule has 5 nitrogen and oxygen atoms in total. The van der Waals surface area contributed by atoms with Gasteiger partial charge in [0, 0.05) is 19.5 Å². The van der Waals surface area contributed by atoms with E-state index >= 15 is 0 Å². The monoisotopic (exact) mass is 628 g/mol. The molecule has 236 valence electrons. The first-order valence-electron chi connectivity index (χ1n) is 16.2. The van der Waals surface area contributed by atoms with E-state index in [0.717, 1.165) is 54.8 Å². The van der Waals surface area contributed by atoms with E-state index < -0.39 is 0 Å². The smallest absolute Gasteiger partial charge is 0.317 e. The molecule has 8 atom stereocenters. The van der Waals surface area contributed by atoms with Crippen molar-refractivity contribution < 1.29 is 14.3 Å². The Kier molecular flexibility index (Phi) is 13.3. The molecule has 41 heavy (non-hydrogen) atoms. The molecule has 3 fully saturated rings. The second-order valence-electron chi connectivity index (χ2n) is 14.3. The number of hydrogen-bond donors (Lipinski definition) is 2. The Morgan fingerprint density at radius 3 is 2.54 bits per heavy atom. The van der Waals surface area contributed by atoms with Crippen LogP contribution >= 0.6 is 34.0 Å². The largest absolute Gasteiger partial charge is 0.461 e. The Balaban J connectivity index is 0.00000462. The zero-order chi connectivity index (χ0) is 28.9. The van der Waals surface area contributed by atoms with Crippen LogP contribution in [0.1, 0.15) is 105 Å². The van der Waals surface area contributed by atoms with Gasteiger partial charge in [0.1, 0.15) is 11.9 Å². The number of amides is 1. The number of halogens is 1. The molecule has 3 N–H and O–H groups in total. The molecule has 0 aliphatic heterocycles. The highest BCUT2D eigenvalue weighted by Gasteiger charge is 2.59. The molecule has 4 aliphatic carbocycles. The summed E-state index contributed by atoms with van der Waals surface area (Å²) in [5.41, 5.74) is 7.77. The average molecular weight is 629 g/mol. The van der Waals surface area contributed by atoms with Crippen LogP contribution in [0.25, 0.3) is 0 Å². The Morgan fingerprint density at radius 1 is 1.05 bits per heavy atom. The summed E-state index contributed by atoms with van der Waals surface area (Å²) in [5.74, 6) is 5.47. The van der Waals surface area contributed by atoms with Crippen molar-refractivity contribution in [1.82, 2.24) is 5.32 Å². The van der Waals surface area contributed by atoms with Gasteiger partial charge in [-0.1, -0.05) is 87.1 Å². The lowest BCUT2D eigenvalue weighted by Crippen LogP contribution is -2.51. The van der Waals surface area contributed by atoms with Crippen molar-refractivity contribution >= 4 is 45.9 Å². The van der Waals surface area contributed by atoms with E-state index in [1.165, 1.54) is 73.0 Å². The van der Waals surface area contributed by atoms with Crippen molar-refractivity contribution in [2.75, 3.05) is 24.6 Å². The highest BCUT2D eigenvalue weighted by molar-refractivity contribution is 8.77. The molecule has 8 heteroatoms. The molecule has 4 aliphatic rings. The highest BCUT2D eigenvalue weighted by Crippen LogP contribution is 2.67. The van der Waals surface area contributed by atoms with Crippen molar-refractivity contribution in [2.24, 2.45) is 52.1 Å². The molecule has 0 heterocycles. The van der Waals surface area contributed by atoms with Crippen LogP contribution < -0.4 is 11.1 Å². The van der Waals surface area contributed by atoms with Gasteiger partial charge in [0.05, 0.1) is 5.75 Å². The molecule has 0 spiro atoms. The summed E-state index contributed by atoms with van der Waals surface area (Å²) in [6.07, 6.45) is 16.6. The third-order valence-electron chi connectivity index (χ3n) is 11.5. The Labute approximate surface area is 264 Å². The van der Waals surface area contributed by atoms with Gasteiger partial charge in [-0.25, -0.2) is 0 Å². The zero-order valence-electron chi connectivity index (χ0n) is 26.3. The molecule has 0 bridgehead atoms. The quantitative estimate of drug-likeness (QED) is 0.0937. The minimum Gasteiger partial charge on any atom is -0.461 e. The van der Waals surface area contributed by atoms with Crippen LogP contribution in [-0.4, -0.2) is 42.6 Å². The maximum Gasteiger partial charge on any atom is 0.317 e. The number of nitrogens with one attached hydrogen (secondary N) is 1. The van der Waals surface area contributed by atoms with Gasteiger partial charge in [0.2, 0.25) is 5.91 Å². The normalized spacial score (nSPS) is 34.9. The van der Waals surface area contributed by atoms with E-state index in [-0.39, 0.29) is 41.6 Å². The summed E-state index contributed by atoms with van der Waals surface area (Å²) in [7, 11) is 2.80. The molecule has 4 rings (SSSR count). The molecule has 0 radical (unpaired) electrons. The predicted molar refractivity (Wildman–Crippen MR) is 177 cm³/mol. The van der Waals surface area contributed by atoms with E-state index in [0.29, 0.717) is 24.3 Å². The molecule has 1 amide bonds. The van der Waals surface area contributed by atoms with Gasteiger partial charge in [0.25, 0.3) is 0 Å². The van der Waals surface area contributed by atoms with E-state index in [1.807, 2.05) is 0 Å². The number of allylic oxidation sites excluding steroid dienone is 1. The molecule has 8 unspecified atom stereocenters. The zero-order valence-corrected chi connectivity index (χ0v) is 28.7. The first-order valence-corrected chi connectivity index (χ1v) is 18.7. The van der Waals surface area contributed by atoms with Crippen LogP contribution in [0.5, 0.6) is 0 Å². The lowest BCUT2D eigenvalue weighted by molar-refractivity contribution is -0.148. The third-order valence-corrected chi connectivity index (χ3v) is 13.6. The summed E-state index contributed by atoms with van der Waals surface area (Å²) in [4.78, 5) is 24.2. The van der Waals surface area contributed by atoms with Crippen LogP contribution in [-0.2, 0) is 14.3 Å². The SMILES string of the molecule is CC(C)CCCC(C)C1CCC2C3CC=C4CC(OC(=O)CSSCC(=O)NCCN)CCC4(C)C3CCC12C.Cl. The Morgan fingerprint density at radius 2 is 1.80 bits per heavy atom. The first-order chi connectivity index (χ1) is 19.1. The van der Waals surface area contributed by atoms with E-state index in [9.17, 15) is 9.59 Å². The van der Waals surface area contributed by atoms with Crippen LogP contribution in [0, 0.1) is 46.3 Å². The van der Waals surface area contributed by atoms with Gasteiger partial charge >= 0.3 is 5.97 Å². The topological polar surface area (TPSA) is 81.4 Å².